The summed E-state index contributed by atoms with van der Waals surface area (Å²) in [6, 6.07) is 5.90. The predicted molar refractivity (Wildman–Crippen MR) is 77.5 cm³/mol. The second-order valence-electron chi connectivity index (χ2n) is 5.65. The summed E-state index contributed by atoms with van der Waals surface area (Å²) >= 11 is 0. The number of nitrogens with zero attached hydrogens (tertiary/aromatic N) is 1. The molecular formula is C15H18N2O5. The zero-order chi connectivity index (χ0) is 15.6. The standard InChI is InChI=1S/C15H18N2O5/c18-14(12-5-1-2-6-13(12)17(19)20)16-9-11-10-21-15(22-11)7-3-4-8-15/h1-2,5-6,11H,3-4,7-10H2,(H,16,18). The number of amides is 1. The normalized spacial score (nSPS) is 22.8. The van der Waals surface area contributed by atoms with Gasteiger partial charge in [-0.15, -0.1) is 0 Å². The summed E-state index contributed by atoms with van der Waals surface area (Å²) < 4.78 is 11.6. The van der Waals surface area contributed by atoms with Gasteiger partial charge < -0.3 is 14.8 Å². The van der Waals surface area contributed by atoms with E-state index in [0.717, 1.165) is 25.7 Å². The van der Waals surface area contributed by atoms with Crippen LogP contribution in [0.3, 0.4) is 0 Å². The number of hydrogen-bond donors (Lipinski definition) is 1. The highest BCUT2D eigenvalue weighted by Crippen LogP contribution is 2.39. The third-order valence-electron chi connectivity index (χ3n) is 4.11. The first-order chi connectivity index (χ1) is 10.6. The monoisotopic (exact) mass is 306 g/mol. The third kappa shape index (κ3) is 2.95. The number of nitrogens with one attached hydrogen (secondary N) is 1. The maximum Gasteiger partial charge on any atom is 0.282 e. The molecule has 1 N–H and O–H groups in total. The summed E-state index contributed by atoms with van der Waals surface area (Å²) in [6.07, 6.45) is 3.76. The second-order valence-corrected chi connectivity index (χ2v) is 5.65. The Labute approximate surface area is 127 Å². The van der Waals surface area contributed by atoms with Gasteiger partial charge in [-0.2, -0.15) is 0 Å². The van der Waals surface area contributed by atoms with Gasteiger partial charge in [-0.25, -0.2) is 0 Å². The molecule has 118 valence electrons. The van der Waals surface area contributed by atoms with E-state index >= 15 is 0 Å². The Morgan fingerprint density at radius 1 is 1.36 bits per heavy atom. The van der Waals surface area contributed by atoms with Crippen LogP contribution >= 0.6 is 0 Å². The molecule has 1 unspecified atom stereocenters. The molecule has 1 heterocycles. The van der Waals surface area contributed by atoms with Gasteiger partial charge in [0.1, 0.15) is 11.7 Å². The number of carbonyl (C=O) groups excluding carboxylic acids is 1. The van der Waals surface area contributed by atoms with Crippen molar-refractivity contribution in [3.8, 4) is 0 Å². The summed E-state index contributed by atoms with van der Waals surface area (Å²) in [4.78, 5) is 22.5. The average Bonchev–Trinajstić information content (AvgIpc) is 3.15. The number of carbonyl (C=O) groups is 1. The summed E-state index contributed by atoms with van der Waals surface area (Å²) in [5.41, 5.74) is -0.141. The summed E-state index contributed by atoms with van der Waals surface area (Å²) in [5, 5.41) is 13.6. The molecule has 2 fully saturated rings. The van der Waals surface area contributed by atoms with Crippen molar-refractivity contribution in [2.75, 3.05) is 13.2 Å². The van der Waals surface area contributed by atoms with E-state index in [4.69, 9.17) is 9.47 Å². The topological polar surface area (TPSA) is 90.7 Å². The van der Waals surface area contributed by atoms with E-state index in [9.17, 15) is 14.9 Å². The molecule has 0 aromatic heterocycles. The van der Waals surface area contributed by atoms with Crippen molar-refractivity contribution in [1.29, 1.82) is 0 Å². The van der Waals surface area contributed by atoms with Crippen molar-refractivity contribution in [2.24, 2.45) is 0 Å². The molecule has 1 atom stereocenters. The zero-order valence-corrected chi connectivity index (χ0v) is 12.1. The lowest BCUT2D eigenvalue weighted by molar-refractivity contribution is -0.385. The van der Waals surface area contributed by atoms with Crippen LogP contribution in [0, 0.1) is 10.1 Å². The molecule has 1 amide bonds. The zero-order valence-electron chi connectivity index (χ0n) is 12.1. The first-order valence-electron chi connectivity index (χ1n) is 7.43. The number of nitro groups is 1. The number of rotatable bonds is 4. The number of para-hydroxylation sites is 1. The quantitative estimate of drug-likeness (QED) is 0.678. The van der Waals surface area contributed by atoms with Crippen LogP contribution in [-0.4, -0.2) is 35.9 Å². The Morgan fingerprint density at radius 2 is 2.09 bits per heavy atom. The maximum absolute atomic E-state index is 12.1. The van der Waals surface area contributed by atoms with Crippen LogP contribution < -0.4 is 5.32 Å². The Balaban J connectivity index is 1.58. The molecule has 1 aromatic carbocycles. The van der Waals surface area contributed by atoms with Crippen LogP contribution in [0.4, 0.5) is 5.69 Å². The van der Waals surface area contributed by atoms with Crippen LogP contribution in [0.25, 0.3) is 0 Å². The van der Waals surface area contributed by atoms with E-state index in [1.807, 2.05) is 0 Å². The van der Waals surface area contributed by atoms with Crippen molar-refractivity contribution in [2.45, 2.75) is 37.6 Å². The number of ether oxygens (including phenoxy) is 2. The van der Waals surface area contributed by atoms with E-state index < -0.39 is 16.6 Å². The molecule has 1 aliphatic carbocycles. The number of nitro benzene ring substituents is 1. The lowest BCUT2D eigenvalue weighted by atomic mass is 10.1. The van der Waals surface area contributed by atoms with Crippen molar-refractivity contribution in [3.63, 3.8) is 0 Å². The van der Waals surface area contributed by atoms with Gasteiger partial charge in [0, 0.05) is 25.5 Å². The Kier molecular flexibility index (Phi) is 4.08. The van der Waals surface area contributed by atoms with Crippen molar-refractivity contribution in [3.05, 3.63) is 39.9 Å². The molecule has 2 aliphatic rings. The van der Waals surface area contributed by atoms with Crippen LogP contribution in [0.5, 0.6) is 0 Å². The van der Waals surface area contributed by atoms with Gasteiger partial charge in [-0.05, 0) is 18.9 Å². The van der Waals surface area contributed by atoms with E-state index in [-0.39, 0.29) is 23.9 Å². The highest BCUT2D eigenvalue weighted by Gasteiger charge is 2.43. The summed E-state index contributed by atoms with van der Waals surface area (Å²) in [7, 11) is 0. The number of hydrogen-bond acceptors (Lipinski definition) is 5. The fourth-order valence-electron chi connectivity index (χ4n) is 3.02. The van der Waals surface area contributed by atoms with Gasteiger partial charge in [-0.1, -0.05) is 12.1 Å². The first-order valence-corrected chi connectivity index (χ1v) is 7.43. The van der Waals surface area contributed by atoms with Crippen LogP contribution in [0.1, 0.15) is 36.0 Å². The lowest BCUT2D eigenvalue weighted by Gasteiger charge is -2.21. The predicted octanol–water partition coefficient (Wildman–Crippen LogP) is 2.01. The minimum Gasteiger partial charge on any atom is -0.349 e. The Hall–Kier alpha value is -1.99. The Morgan fingerprint density at radius 3 is 2.82 bits per heavy atom. The summed E-state index contributed by atoms with van der Waals surface area (Å²) in [5.74, 6) is -0.933. The summed E-state index contributed by atoms with van der Waals surface area (Å²) in [6.45, 7) is 0.726. The smallest absolute Gasteiger partial charge is 0.282 e. The minimum absolute atomic E-state index is 0.0574. The first kappa shape index (κ1) is 14.9. The van der Waals surface area contributed by atoms with Gasteiger partial charge in [0.05, 0.1) is 11.5 Å². The van der Waals surface area contributed by atoms with Crippen LogP contribution in [0.2, 0.25) is 0 Å². The van der Waals surface area contributed by atoms with Crippen molar-refractivity contribution in [1.82, 2.24) is 5.32 Å². The average molecular weight is 306 g/mol. The van der Waals surface area contributed by atoms with Gasteiger partial charge in [-0.3, -0.25) is 14.9 Å². The van der Waals surface area contributed by atoms with E-state index in [1.165, 1.54) is 18.2 Å². The van der Waals surface area contributed by atoms with Crippen molar-refractivity contribution < 1.29 is 19.2 Å². The molecule has 7 nitrogen and oxygen atoms in total. The minimum atomic E-state index is -0.558. The van der Waals surface area contributed by atoms with Gasteiger partial charge >= 0.3 is 0 Å². The third-order valence-corrected chi connectivity index (χ3v) is 4.11. The van der Waals surface area contributed by atoms with Crippen LogP contribution in [-0.2, 0) is 9.47 Å². The molecule has 0 radical (unpaired) electrons. The molecule has 1 saturated carbocycles. The molecule has 7 heteroatoms. The molecule has 1 aliphatic heterocycles. The molecule has 22 heavy (non-hydrogen) atoms. The molecule has 3 rings (SSSR count). The maximum atomic E-state index is 12.1. The van der Waals surface area contributed by atoms with Gasteiger partial charge in [0.25, 0.3) is 11.6 Å². The Bertz CT molecular complexity index is 583. The van der Waals surface area contributed by atoms with Gasteiger partial charge in [0.2, 0.25) is 0 Å². The SMILES string of the molecule is O=C(NCC1COC2(CCCC2)O1)c1ccccc1[N+](=O)[O-]. The molecule has 1 aromatic rings. The van der Waals surface area contributed by atoms with E-state index in [2.05, 4.69) is 5.32 Å². The lowest BCUT2D eigenvalue weighted by Crippen LogP contribution is -2.35. The highest BCUT2D eigenvalue weighted by molar-refractivity contribution is 5.98. The highest BCUT2D eigenvalue weighted by atomic mass is 16.7. The molecular weight excluding hydrogens is 288 g/mol. The van der Waals surface area contributed by atoms with Crippen LogP contribution in [0.15, 0.2) is 24.3 Å². The fourth-order valence-corrected chi connectivity index (χ4v) is 3.02. The molecule has 0 bridgehead atoms. The largest absolute Gasteiger partial charge is 0.349 e. The molecule has 1 saturated heterocycles. The molecule has 1 spiro atoms. The van der Waals surface area contributed by atoms with E-state index in [0.29, 0.717) is 6.61 Å². The van der Waals surface area contributed by atoms with E-state index in [1.54, 1.807) is 6.07 Å². The number of benzene rings is 1. The second kappa shape index (κ2) is 6.02. The fraction of sp³-hybridized carbons (Fsp3) is 0.533. The van der Waals surface area contributed by atoms with Crippen molar-refractivity contribution >= 4 is 11.6 Å². The van der Waals surface area contributed by atoms with Gasteiger partial charge in [0.15, 0.2) is 5.79 Å².